The Kier molecular flexibility index (Phi) is 3.60. The molecule has 5 nitrogen and oxygen atoms in total. The van der Waals surface area contributed by atoms with Crippen molar-refractivity contribution in [1.29, 1.82) is 0 Å². The standard InChI is InChI=1S/C15H18F2N4O/c1-9-4-3-5-10-13(9)21(2)12(20-10)7-18-14(22)11-6-15(16,17)8-19-11/h3-5,11,19H,6-8H2,1-2H3,(H,18,22). The third-order valence-electron chi connectivity index (χ3n) is 4.04. The Bertz CT molecular complexity index is 726. The van der Waals surface area contributed by atoms with Crippen LogP contribution in [0.3, 0.4) is 0 Å². The van der Waals surface area contributed by atoms with Crippen LogP contribution in [-0.2, 0) is 18.4 Å². The molecule has 1 aromatic heterocycles. The zero-order valence-electron chi connectivity index (χ0n) is 12.5. The maximum atomic E-state index is 13.1. The second kappa shape index (κ2) is 5.31. The zero-order chi connectivity index (χ0) is 15.9. The second-order valence-electron chi connectivity index (χ2n) is 5.74. The highest BCUT2D eigenvalue weighted by atomic mass is 19.3. The number of nitrogens with zero attached hydrogens (tertiary/aromatic N) is 2. The first kappa shape index (κ1) is 14.9. The molecule has 3 rings (SSSR count). The van der Waals surface area contributed by atoms with Gasteiger partial charge in [-0.15, -0.1) is 0 Å². The number of aromatic nitrogens is 2. The van der Waals surface area contributed by atoms with Gasteiger partial charge in [0.1, 0.15) is 5.82 Å². The van der Waals surface area contributed by atoms with E-state index in [1.54, 1.807) is 0 Å². The zero-order valence-corrected chi connectivity index (χ0v) is 12.5. The summed E-state index contributed by atoms with van der Waals surface area (Å²) in [6.07, 6.45) is -0.458. The first-order valence-electron chi connectivity index (χ1n) is 7.17. The molecular weight excluding hydrogens is 290 g/mol. The van der Waals surface area contributed by atoms with Gasteiger partial charge in [0.05, 0.1) is 30.2 Å². The van der Waals surface area contributed by atoms with Gasteiger partial charge in [-0.3, -0.25) is 10.1 Å². The largest absolute Gasteiger partial charge is 0.348 e. The number of alkyl halides is 2. The van der Waals surface area contributed by atoms with Crippen molar-refractivity contribution in [2.45, 2.75) is 31.9 Å². The summed E-state index contributed by atoms with van der Waals surface area (Å²) in [7, 11) is 1.88. The Labute approximate surface area is 126 Å². The van der Waals surface area contributed by atoms with Crippen molar-refractivity contribution in [3.05, 3.63) is 29.6 Å². The van der Waals surface area contributed by atoms with Gasteiger partial charge in [0.2, 0.25) is 5.91 Å². The highest BCUT2D eigenvalue weighted by Gasteiger charge is 2.42. The van der Waals surface area contributed by atoms with Crippen LogP contribution in [0.2, 0.25) is 0 Å². The molecule has 1 aromatic carbocycles. The van der Waals surface area contributed by atoms with E-state index in [2.05, 4.69) is 15.6 Å². The number of rotatable bonds is 3. The number of para-hydroxylation sites is 1. The van der Waals surface area contributed by atoms with E-state index >= 15 is 0 Å². The topological polar surface area (TPSA) is 59.0 Å². The van der Waals surface area contributed by atoms with Crippen LogP contribution in [0.1, 0.15) is 17.8 Å². The molecule has 1 fully saturated rings. The number of aryl methyl sites for hydroxylation is 2. The van der Waals surface area contributed by atoms with E-state index in [1.807, 2.05) is 36.7 Å². The van der Waals surface area contributed by atoms with Gasteiger partial charge >= 0.3 is 0 Å². The minimum atomic E-state index is -2.81. The summed E-state index contributed by atoms with van der Waals surface area (Å²) >= 11 is 0. The van der Waals surface area contributed by atoms with Gasteiger partial charge in [0, 0.05) is 13.5 Å². The lowest BCUT2D eigenvalue weighted by Gasteiger charge is -2.11. The third kappa shape index (κ3) is 2.68. The number of fused-ring (bicyclic) bond motifs is 1. The van der Waals surface area contributed by atoms with Crippen molar-refractivity contribution in [3.8, 4) is 0 Å². The van der Waals surface area contributed by atoms with Crippen LogP contribution in [0.4, 0.5) is 8.78 Å². The van der Waals surface area contributed by atoms with E-state index in [9.17, 15) is 13.6 Å². The molecule has 2 aromatic rings. The van der Waals surface area contributed by atoms with Crippen molar-refractivity contribution in [3.63, 3.8) is 0 Å². The predicted molar refractivity (Wildman–Crippen MR) is 78.7 cm³/mol. The molecular formula is C15H18F2N4O. The van der Waals surface area contributed by atoms with Crippen LogP contribution in [0, 0.1) is 6.92 Å². The SMILES string of the molecule is Cc1cccc2nc(CNC(=O)C3CC(F)(F)CN3)n(C)c12. The van der Waals surface area contributed by atoms with Crippen LogP contribution in [0.25, 0.3) is 11.0 Å². The fourth-order valence-electron chi connectivity index (χ4n) is 2.86. The molecule has 0 saturated carbocycles. The van der Waals surface area contributed by atoms with Crippen LogP contribution >= 0.6 is 0 Å². The number of amides is 1. The van der Waals surface area contributed by atoms with E-state index in [4.69, 9.17) is 0 Å². The second-order valence-corrected chi connectivity index (χ2v) is 5.74. The van der Waals surface area contributed by atoms with Crippen molar-refractivity contribution in [2.24, 2.45) is 7.05 Å². The first-order chi connectivity index (χ1) is 10.4. The number of benzene rings is 1. The lowest BCUT2D eigenvalue weighted by Crippen LogP contribution is -2.40. The first-order valence-corrected chi connectivity index (χ1v) is 7.17. The lowest BCUT2D eigenvalue weighted by molar-refractivity contribution is -0.123. The average Bonchev–Trinajstić information content (AvgIpc) is 2.97. The smallest absolute Gasteiger partial charge is 0.262 e. The molecule has 0 spiro atoms. The molecule has 1 atom stereocenters. The molecule has 1 aliphatic rings. The maximum absolute atomic E-state index is 13.1. The van der Waals surface area contributed by atoms with Gasteiger partial charge in [-0.25, -0.2) is 13.8 Å². The number of hydrogen-bond acceptors (Lipinski definition) is 3. The summed E-state index contributed by atoms with van der Waals surface area (Å²) in [6.45, 7) is 1.76. The van der Waals surface area contributed by atoms with Crippen LogP contribution in [-0.4, -0.2) is 34.0 Å². The molecule has 0 radical (unpaired) electrons. The van der Waals surface area contributed by atoms with Crippen LogP contribution < -0.4 is 10.6 Å². The highest BCUT2D eigenvalue weighted by Crippen LogP contribution is 2.25. The van der Waals surface area contributed by atoms with Crippen molar-refractivity contribution >= 4 is 16.9 Å². The van der Waals surface area contributed by atoms with E-state index in [-0.39, 0.29) is 6.54 Å². The molecule has 118 valence electrons. The lowest BCUT2D eigenvalue weighted by atomic mass is 10.2. The van der Waals surface area contributed by atoms with Crippen molar-refractivity contribution < 1.29 is 13.6 Å². The number of halogens is 2. The van der Waals surface area contributed by atoms with Gasteiger partial charge in [-0.1, -0.05) is 12.1 Å². The summed E-state index contributed by atoms with van der Waals surface area (Å²) in [4.78, 5) is 16.4. The van der Waals surface area contributed by atoms with Crippen LogP contribution in [0.15, 0.2) is 18.2 Å². The monoisotopic (exact) mass is 308 g/mol. The van der Waals surface area contributed by atoms with Gasteiger partial charge in [-0.05, 0) is 18.6 Å². The minimum Gasteiger partial charge on any atom is -0.348 e. The van der Waals surface area contributed by atoms with E-state index in [0.717, 1.165) is 16.6 Å². The predicted octanol–water partition coefficient (Wildman–Crippen LogP) is 1.50. The molecule has 1 saturated heterocycles. The summed E-state index contributed by atoms with van der Waals surface area (Å²) in [6, 6.07) is 4.99. The molecule has 22 heavy (non-hydrogen) atoms. The van der Waals surface area contributed by atoms with Gasteiger partial charge in [0.15, 0.2) is 0 Å². The molecule has 1 amide bonds. The maximum Gasteiger partial charge on any atom is 0.262 e. The summed E-state index contributed by atoms with van der Waals surface area (Å²) in [5, 5.41) is 5.23. The van der Waals surface area contributed by atoms with Crippen LogP contribution in [0.5, 0.6) is 0 Å². The molecule has 2 N–H and O–H groups in total. The Morgan fingerprint density at radius 1 is 1.55 bits per heavy atom. The summed E-state index contributed by atoms with van der Waals surface area (Å²) in [5.41, 5.74) is 2.97. The Hall–Kier alpha value is -2.02. The number of nitrogens with one attached hydrogen (secondary N) is 2. The van der Waals surface area contributed by atoms with E-state index in [1.165, 1.54) is 0 Å². The number of hydrogen-bond donors (Lipinski definition) is 2. The Morgan fingerprint density at radius 3 is 2.95 bits per heavy atom. The number of imidazole rings is 1. The highest BCUT2D eigenvalue weighted by molar-refractivity contribution is 5.82. The number of carbonyl (C=O) groups excluding carboxylic acids is 1. The molecule has 1 aliphatic heterocycles. The molecule has 1 unspecified atom stereocenters. The van der Waals surface area contributed by atoms with Crippen molar-refractivity contribution in [2.75, 3.05) is 6.54 Å². The van der Waals surface area contributed by atoms with Gasteiger partial charge < -0.3 is 9.88 Å². The quantitative estimate of drug-likeness (QED) is 0.903. The molecule has 0 bridgehead atoms. The van der Waals surface area contributed by atoms with E-state index in [0.29, 0.717) is 5.82 Å². The number of carbonyl (C=O) groups is 1. The minimum absolute atomic E-state index is 0.215. The van der Waals surface area contributed by atoms with Gasteiger partial charge in [0.25, 0.3) is 5.92 Å². The molecule has 0 aliphatic carbocycles. The Morgan fingerprint density at radius 2 is 2.32 bits per heavy atom. The van der Waals surface area contributed by atoms with Gasteiger partial charge in [-0.2, -0.15) is 0 Å². The molecule has 7 heteroatoms. The van der Waals surface area contributed by atoms with Crippen molar-refractivity contribution in [1.82, 2.24) is 20.2 Å². The van der Waals surface area contributed by atoms with E-state index < -0.39 is 30.8 Å². The summed E-state index contributed by atoms with van der Waals surface area (Å²) < 4.78 is 28.1. The fraction of sp³-hybridized carbons (Fsp3) is 0.467. The molecule has 2 heterocycles. The summed E-state index contributed by atoms with van der Waals surface area (Å²) in [5.74, 6) is -2.53. The Balaban J connectivity index is 1.71. The fourth-order valence-corrected chi connectivity index (χ4v) is 2.86. The third-order valence-corrected chi connectivity index (χ3v) is 4.04. The normalized spacial score (nSPS) is 20.5. The average molecular weight is 308 g/mol.